The van der Waals surface area contributed by atoms with Gasteiger partial charge in [0.2, 0.25) is 0 Å². The van der Waals surface area contributed by atoms with E-state index in [0.717, 1.165) is 73.1 Å². The molecule has 59 heavy (non-hydrogen) atoms. The van der Waals surface area contributed by atoms with E-state index in [-0.39, 0.29) is 0 Å². The smallest absolute Gasteiger partial charge is 0.137 e. The van der Waals surface area contributed by atoms with E-state index in [0.29, 0.717) is 0 Å². The molecule has 0 radical (unpaired) electrons. The lowest BCUT2D eigenvalue weighted by Gasteiger charge is -2.26. The predicted molar refractivity (Wildman–Crippen MR) is 251 cm³/mol. The van der Waals surface area contributed by atoms with E-state index in [1.165, 1.54) is 20.2 Å². The van der Waals surface area contributed by atoms with Crippen LogP contribution in [0.3, 0.4) is 0 Å². The topological polar surface area (TPSA) is 22.9 Å². The van der Waals surface area contributed by atoms with Crippen LogP contribution < -0.4 is 14.7 Å². The average molecular weight is 776 g/mol. The Morgan fingerprint density at radius 2 is 0.644 bits per heavy atom. The minimum Gasteiger partial charge on any atom is -0.456 e. The van der Waals surface area contributed by atoms with Crippen molar-refractivity contribution in [3.8, 4) is 0 Å². The number of fused-ring (bicyclic) bond motifs is 6. The number of benzene rings is 9. The van der Waals surface area contributed by atoms with Crippen LogP contribution in [0.1, 0.15) is 0 Å². The van der Waals surface area contributed by atoms with Gasteiger partial charge >= 0.3 is 0 Å². The maximum absolute atomic E-state index is 6.59. The Labute approximate surface area is 346 Å². The van der Waals surface area contributed by atoms with Crippen molar-refractivity contribution < 1.29 is 4.42 Å². The van der Waals surface area contributed by atoms with Gasteiger partial charge in [-0.1, -0.05) is 97.1 Å². The number of nitrogens with zero attached hydrogens (tertiary/aromatic N) is 3. The third-order valence-corrected chi connectivity index (χ3v) is 12.1. The zero-order chi connectivity index (χ0) is 39.1. The highest BCUT2D eigenvalue weighted by atomic mass is 32.1. The zero-order valence-corrected chi connectivity index (χ0v) is 32.8. The molecule has 0 N–H and O–H groups in total. The summed E-state index contributed by atoms with van der Waals surface area (Å²) in [5.41, 5.74) is 11.6. The highest BCUT2D eigenvalue weighted by Crippen LogP contribution is 2.45. The molecule has 280 valence electrons. The summed E-state index contributed by atoms with van der Waals surface area (Å²) in [6.07, 6.45) is 0. The second-order valence-corrected chi connectivity index (χ2v) is 15.7. The molecule has 0 aliphatic heterocycles. The van der Waals surface area contributed by atoms with Gasteiger partial charge in [0.25, 0.3) is 0 Å². The molecule has 11 rings (SSSR count). The van der Waals surface area contributed by atoms with E-state index >= 15 is 0 Å². The number of anilines is 9. The summed E-state index contributed by atoms with van der Waals surface area (Å²) in [6.45, 7) is 0. The monoisotopic (exact) mass is 775 g/mol. The van der Waals surface area contributed by atoms with Gasteiger partial charge in [-0.3, -0.25) is 0 Å². The van der Waals surface area contributed by atoms with Crippen molar-refractivity contribution in [2.75, 3.05) is 14.7 Å². The molecule has 0 bridgehead atoms. The predicted octanol–water partition coefficient (Wildman–Crippen LogP) is 16.4. The maximum Gasteiger partial charge on any atom is 0.137 e. The van der Waals surface area contributed by atoms with E-state index in [1.807, 2.05) is 23.5 Å². The Hall–Kier alpha value is -7.60. The molecule has 5 heteroatoms. The molecule has 0 atom stereocenters. The molecule has 0 saturated carbocycles. The second-order valence-electron chi connectivity index (χ2n) is 14.6. The summed E-state index contributed by atoms with van der Waals surface area (Å²) in [7, 11) is 0. The van der Waals surface area contributed by atoms with Crippen LogP contribution in [0.25, 0.3) is 42.1 Å². The number of thiophene rings is 1. The number of para-hydroxylation sites is 5. The lowest BCUT2D eigenvalue weighted by atomic mass is 10.1. The summed E-state index contributed by atoms with van der Waals surface area (Å²) in [5, 5.41) is 4.64. The first-order valence-corrected chi connectivity index (χ1v) is 20.7. The fourth-order valence-corrected chi connectivity index (χ4v) is 9.41. The summed E-state index contributed by atoms with van der Waals surface area (Å²) in [4.78, 5) is 6.94. The summed E-state index contributed by atoms with van der Waals surface area (Å²) >= 11 is 1.84. The van der Waals surface area contributed by atoms with Crippen LogP contribution in [0.2, 0.25) is 0 Å². The zero-order valence-electron chi connectivity index (χ0n) is 32.0. The van der Waals surface area contributed by atoms with E-state index in [1.54, 1.807) is 0 Å². The standard InChI is InChI=1S/C54H37N3OS/c1-6-16-38(17-7-1)55(39-18-8-2-9-19-39)45-26-30-47-49-34-43(28-32-51(49)58-52(47)36-45)57(42-24-14-5-15-25-42)44-29-33-53-50(35-44)48-31-27-46(37-54(48)59-53)56(40-20-10-3-11-21-40)41-22-12-4-13-23-41/h1-37H. The van der Waals surface area contributed by atoms with Gasteiger partial charge in [-0.2, -0.15) is 0 Å². The SMILES string of the molecule is c1ccc(N(c2ccccc2)c2ccc3c(c2)oc2ccc(N(c4ccccc4)c4ccc5sc6cc(N(c7ccccc7)c7ccccc7)ccc6c5c4)cc23)cc1. The van der Waals surface area contributed by atoms with Crippen molar-refractivity contribution in [2.24, 2.45) is 0 Å². The number of hydrogen-bond acceptors (Lipinski definition) is 5. The molecule has 0 aliphatic carbocycles. The molecule has 0 aliphatic rings. The first-order chi connectivity index (χ1) is 29.2. The molecular formula is C54H37N3OS. The van der Waals surface area contributed by atoms with E-state index < -0.39 is 0 Å². The van der Waals surface area contributed by atoms with Gasteiger partial charge < -0.3 is 19.1 Å². The van der Waals surface area contributed by atoms with Crippen LogP contribution in [0.4, 0.5) is 51.2 Å². The fourth-order valence-electron chi connectivity index (χ4n) is 8.29. The minimum absolute atomic E-state index is 0.849. The van der Waals surface area contributed by atoms with Crippen molar-refractivity contribution in [1.82, 2.24) is 0 Å². The van der Waals surface area contributed by atoms with Crippen molar-refractivity contribution in [2.45, 2.75) is 0 Å². The Morgan fingerprint density at radius 1 is 0.254 bits per heavy atom. The van der Waals surface area contributed by atoms with Gasteiger partial charge in [0.1, 0.15) is 11.2 Å². The molecule has 0 spiro atoms. The van der Waals surface area contributed by atoms with Crippen LogP contribution in [0, 0.1) is 0 Å². The van der Waals surface area contributed by atoms with Gasteiger partial charge in [0.05, 0.1) is 0 Å². The molecular weight excluding hydrogens is 739 g/mol. The number of furan rings is 1. The normalized spacial score (nSPS) is 11.4. The fraction of sp³-hybridized carbons (Fsp3) is 0. The van der Waals surface area contributed by atoms with Crippen LogP contribution in [-0.2, 0) is 0 Å². The molecule has 11 aromatic rings. The molecule has 0 saturated heterocycles. The van der Waals surface area contributed by atoms with E-state index in [9.17, 15) is 0 Å². The molecule has 4 nitrogen and oxygen atoms in total. The molecule has 0 unspecified atom stereocenters. The summed E-state index contributed by atoms with van der Waals surface area (Å²) < 4.78 is 9.10. The lowest BCUT2D eigenvalue weighted by molar-refractivity contribution is 0.669. The molecule has 2 heterocycles. The highest BCUT2D eigenvalue weighted by Gasteiger charge is 2.20. The number of rotatable bonds is 9. The van der Waals surface area contributed by atoms with Gasteiger partial charge in [-0.05, 0) is 121 Å². The van der Waals surface area contributed by atoms with Crippen LogP contribution in [0.5, 0.6) is 0 Å². The van der Waals surface area contributed by atoms with Crippen molar-refractivity contribution in [1.29, 1.82) is 0 Å². The second kappa shape index (κ2) is 14.7. The number of hydrogen-bond donors (Lipinski definition) is 0. The van der Waals surface area contributed by atoms with Gasteiger partial charge in [-0.15, -0.1) is 11.3 Å². The van der Waals surface area contributed by atoms with Crippen LogP contribution >= 0.6 is 11.3 Å². The molecule has 0 fully saturated rings. The third kappa shape index (κ3) is 6.35. The van der Waals surface area contributed by atoms with Crippen molar-refractivity contribution >= 4 is 105 Å². The molecule has 0 amide bonds. The largest absolute Gasteiger partial charge is 0.456 e. The first kappa shape index (κ1) is 34.6. The molecule has 9 aromatic carbocycles. The average Bonchev–Trinajstić information content (AvgIpc) is 3.85. The van der Waals surface area contributed by atoms with E-state index in [2.05, 4.69) is 227 Å². The highest BCUT2D eigenvalue weighted by molar-refractivity contribution is 7.25. The quantitative estimate of drug-likeness (QED) is 0.146. The lowest BCUT2D eigenvalue weighted by Crippen LogP contribution is -2.09. The third-order valence-electron chi connectivity index (χ3n) is 11.0. The van der Waals surface area contributed by atoms with Crippen molar-refractivity contribution in [3.05, 3.63) is 224 Å². The molecule has 2 aromatic heterocycles. The van der Waals surface area contributed by atoms with Crippen LogP contribution in [0.15, 0.2) is 229 Å². The Bertz CT molecular complexity index is 2940. The van der Waals surface area contributed by atoms with Crippen LogP contribution in [-0.4, -0.2) is 0 Å². The van der Waals surface area contributed by atoms with Gasteiger partial charge in [0, 0.05) is 88.2 Å². The Kier molecular flexibility index (Phi) is 8.64. The van der Waals surface area contributed by atoms with Gasteiger partial charge in [0.15, 0.2) is 0 Å². The summed E-state index contributed by atoms with van der Waals surface area (Å²) in [6, 6.07) is 79.6. The first-order valence-electron chi connectivity index (χ1n) is 19.8. The summed E-state index contributed by atoms with van der Waals surface area (Å²) in [5.74, 6) is 0. The van der Waals surface area contributed by atoms with E-state index in [4.69, 9.17) is 4.42 Å². The minimum atomic E-state index is 0.849. The van der Waals surface area contributed by atoms with Gasteiger partial charge in [-0.25, -0.2) is 0 Å². The Balaban J connectivity index is 1.00. The Morgan fingerprint density at radius 3 is 1.15 bits per heavy atom. The van der Waals surface area contributed by atoms with Crippen molar-refractivity contribution in [3.63, 3.8) is 0 Å². The maximum atomic E-state index is 6.59.